The van der Waals surface area contributed by atoms with Gasteiger partial charge in [0.1, 0.15) is 17.3 Å². The Labute approximate surface area is 233 Å². The molecule has 0 aromatic heterocycles. The van der Waals surface area contributed by atoms with Crippen LogP contribution in [0.25, 0.3) is 0 Å². The predicted molar refractivity (Wildman–Crippen MR) is 152 cm³/mol. The Balaban J connectivity index is 1.90. The maximum absolute atomic E-state index is 14.0. The van der Waals surface area contributed by atoms with Crippen molar-refractivity contribution >= 4 is 17.3 Å². The van der Waals surface area contributed by atoms with Crippen LogP contribution in [-0.2, 0) is 19.1 Å². The zero-order valence-corrected chi connectivity index (χ0v) is 24.4. The predicted octanol–water partition coefficient (Wildman–Crippen LogP) is 6.83. The van der Waals surface area contributed by atoms with Crippen LogP contribution in [-0.4, -0.2) is 43.8 Å². The number of Topliss-reactive ketones (excluding diaryl/α,β-unsaturated/α-hetero) is 3. The van der Waals surface area contributed by atoms with E-state index in [0.717, 1.165) is 16.7 Å². The van der Waals surface area contributed by atoms with Gasteiger partial charge in [-0.15, -0.1) is 0 Å². The second-order valence-corrected chi connectivity index (χ2v) is 10.8. The summed E-state index contributed by atoms with van der Waals surface area (Å²) in [7, 11) is 0. The lowest BCUT2D eigenvalue weighted by Crippen LogP contribution is -2.40. The molecule has 212 valence electrons. The highest BCUT2D eigenvalue weighted by atomic mass is 16.5. The van der Waals surface area contributed by atoms with Crippen molar-refractivity contribution in [3.05, 3.63) is 64.7 Å². The Morgan fingerprint density at radius 3 is 2.26 bits per heavy atom. The quantitative estimate of drug-likeness (QED) is 0.246. The van der Waals surface area contributed by atoms with Gasteiger partial charge in [0.2, 0.25) is 0 Å². The van der Waals surface area contributed by atoms with Crippen LogP contribution in [0, 0.1) is 18.3 Å². The summed E-state index contributed by atoms with van der Waals surface area (Å²) in [6, 6.07) is 13.8. The van der Waals surface area contributed by atoms with Gasteiger partial charge in [-0.25, -0.2) is 0 Å². The first-order chi connectivity index (χ1) is 18.6. The number of hydrogen-bond acceptors (Lipinski definition) is 6. The molecule has 39 heavy (non-hydrogen) atoms. The molecular formula is C33H44O6. The van der Waals surface area contributed by atoms with Crippen molar-refractivity contribution in [2.45, 2.75) is 79.2 Å². The minimum absolute atomic E-state index is 0.0557. The van der Waals surface area contributed by atoms with Crippen LogP contribution in [0.4, 0.5) is 0 Å². The van der Waals surface area contributed by atoms with Crippen LogP contribution >= 0.6 is 0 Å². The fourth-order valence-electron chi connectivity index (χ4n) is 5.79. The third-order valence-corrected chi connectivity index (χ3v) is 8.40. The van der Waals surface area contributed by atoms with E-state index in [1.165, 1.54) is 6.92 Å². The number of ether oxygens (including phenoxy) is 3. The van der Waals surface area contributed by atoms with E-state index in [2.05, 4.69) is 6.92 Å². The number of ketones is 3. The summed E-state index contributed by atoms with van der Waals surface area (Å²) in [6.45, 7) is 12.9. The number of benzene rings is 2. The summed E-state index contributed by atoms with van der Waals surface area (Å²) >= 11 is 0. The van der Waals surface area contributed by atoms with Gasteiger partial charge in [-0.1, -0.05) is 43.3 Å². The summed E-state index contributed by atoms with van der Waals surface area (Å²) in [5, 5.41) is 0. The van der Waals surface area contributed by atoms with E-state index in [1.54, 1.807) is 13.0 Å². The molecule has 1 fully saturated rings. The van der Waals surface area contributed by atoms with Gasteiger partial charge in [0.25, 0.3) is 0 Å². The first kappa shape index (κ1) is 30.7. The Kier molecular flexibility index (Phi) is 11.0. The second-order valence-electron chi connectivity index (χ2n) is 10.8. The number of rotatable bonds is 14. The first-order valence-electron chi connectivity index (χ1n) is 14.2. The molecule has 1 unspecified atom stereocenters. The fraction of sp³-hybridized carbons (Fsp3) is 0.545. The van der Waals surface area contributed by atoms with Gasteiger partial charge < -0.3 is 14.2 Å². The van der Waals surface area contributed by atoms with Crippen LogP contribution in [0.15, 0.2) is 42.5 Å². The van der Waals surface area contributed by atoms with E-state index in [9.17, 15) is 14.4 Å². The lowest BCUT2D eigenvalue weighted by molar-refractivity contribution is -0.140. The number of hydrogen-bond donors (Lipinski definition) is 0. The highest BCUT2D eigenvalue weighted by Gasteiger charge is 2.41. The fourth-order valence-corrected chi connectivity index (χ4v) is 5.79. The van der Waals surface area contributed by atoms with Crippen molar-refractivity contribution in [2.24, 2.45) is 11.3 Å². The SMILES string of the molecule is CCOc1c(C(C)=O)ccc([C@@H](C)C(CCO[C@H](C)c2ccccc2)C(=O)CC2(C(C)=O)CCOCC2)c1C. The lowest BCUT2D eigenvalue weighted by Gasteiger charge is -2.36. The molecule has 0 aliphatic carbocycles. The molecule has 0 radical (unpaired) electrons. The van der Waals surface area contributed by atoms with E-state index in [4.69, 9.17) is 14.2 Å². The van der Waals surface area contributed by atoms with E-state index >= 15 is 0 Å². The van der Waals surface area contributed by atoms with Crippen molar-refractivity contribution in [3.63, 3.8) is 0 Å². The molecule has 6 nitrogen and oxygen atoms in total. The molecule has 3 rings (SSSR count). The zero-order chi connectivity index (χ0) is 28.6. The first-order valence-corrected chi connectivity index (χ1v) is 14.2. The Morgan fingerprint density at radius 2 is 1.67 bits per heavy atom. The average molecular weight is 537 g/mol. The molecule has 0 spiro atoms. The molecule has 1 heterocycles. The molecule has 2 aromatic rings. The van der Waals surface area contributed by atoms with Crippen LogP contribution in [0.1, 0.15) is 99.4 Å². The molecule has 3 atom stereocenters. The molecule has 1 aliphatic heterocycles. The largest absolute Gasteiger partial charge is 0.493 e. The smallest absolute Gasteiger partial charge is 0.163 e. The summed E-state index contributed by atoms with van der Waals surface area (Å²) in [5.74, 6) is 0.142. The third-order valence-electron chi connectivity index (χ3n) is 8.40. The highest BCUT2D eigenvalue weighted by Crippen LogP contribution is 2.41. The van der Waals surface area contributed by atoms with Gasteiger partial charge in [0, 0.05) is 37.6 Å². The van der Waals surface area contributed by atoms with Gasteiger partial charge in [-0.05, 0) is 82.6 Å². The van der Waals surface area contributed by atoms with Crippen molar-refractivity contribution in [1.29, 1.82) is 0 Å². The molecule has 6 heteroatoms. The normalized spacial score (nSPS) is 17.2. The van der Waals surface area contributed by atoms with Crippen LogP contribution in [0.3, 0.4) is 0 Å². The van der Waals surface area contributed by atoms with Gasteiger partial charge >= 0.3 is 0 Å². The minimum atomic E-state index is -0.671. The molecular weight excluding hydrogens is 492 g/mol. The molecule has 0 saturated carbocycles. The summed E-state index contributed by atoms with van der Waals surface area (Å²) in [6.07, 6.45) is 1.77. The Bertz CT molecular complexity index is 1130. The Morgan fingerprint density at radius 1 is 1.00 bits per heavy atom. The van der Waals surface area contributed by atoms with Gasteiger partial charge in [0.05, 0.1) is 18.3 Å². The van der Waals surface area contributed by atoms with Crippen LogP contribution < -0.4 is 4.74 Å². The minimum Gasteiger partial charge on any atom is -0.493 e. The van der Waals surface area contributed by atoms with E-state index in [0.29, 0.717) is 57.0 Å². The molecule has 0 bridgehead atoms. The van der Waals surface area contributed by atoms with Gasteiger partial charge in [-0.2, -0.15) is 0 Å². The van der Waals surface area contributed by atoms with Crippen molar-refractivity contribution in [3.8, 4) is 5.75 Å². The monoisotopic (exact) mass is 536 g/mol. The van der Waals surface area contributed by atoms with Crippen molar-refractivity contribution < 1.29 is 28.6 Å². The van der Waals surface area contributed by atoms with Crippen molar-refractivity contribution in [2.75, 3.05) is 26.4 Å². The maximum Gasteiger partial charge on any atom is 0.163 e. The summed E-state index contributed by atoms with van der Waals surface area (Å²) < 4.78 is 17.6. The molecule has 0 N–H and O–H groups in total. The summed E-state index contributed by atoms with van der Waals surface area (Å²) in [4.78, 5) is 39.1. The third kappa shape index (κ3) is 7.43. The molecule has 0 amide bonds. The van der Waals surface area contributed by atoms with Crippen LogP contribution in [0.5, 0.6) is 5.75 Å². The molecule has 1 saturated heterocycles. The van der Waals surface area contributed by atoms with E-state index in [1.807, 2.05) is 57.2 Å². The van der Waals surface area contributed by atoms with Gasteiger partial charge in [-0.3, -0.25) is 14.4 Å². The molecule has 2 aromatic carbocycles. The number of carbonyl (C=O) groups is 3. The maximum atomic E-state index is 14.0. The van der Waals surface area contributed by atoms with Gasteiger partial charge in [0.15, 0.2) is 5.78 Å². The second kappa shape index (κ2) is 14.0. The Hall–Kier alpha value is -2.83. The number of carbonyl (C=O) groups excluding carboxylic acids is 3. The van der Waals surface area contributed by atoms with E-state index in [-0.39, 0.29) is 41.7 Å². The highest BCUT2D eigenvalue weighted by molar-refractivity contribution is 5.97. The molecule has 1 aliphatic rings. The summed E-state index contributed by atoms with van der Waals surface area (Å²) in [5.41, 5.74) is 2.81. The van der Waals surface area contributed by atoms with Crippen LogP contribution in [0.2, 0.25) is 0 Å². The average Bonchev–Trinajstić information content (AvgIpc) is 2.92. The topological polar surface area (TPSA) is 78.9 Å². The van der Waals surface area contributed by atoms with E-state index < -0.39 is 5.41 Å². The van der Waals surface area contributed by atoms with Crippen molar-refractivity contribution in [1.82, 2.24) is 0 Å². The standard InChI is InChI=1S/C33H44O6/c1-7-38-32-23(3)28(13-14-30(32)24(4)34)22(2)29(15-18-39-25(5)27-11-9-8-10-12-27)31(36)21-33(26(6)35)16-19-37-20-17-33/h8-14,22,25,29H,7,15-21H2,1-6H3/t22-,25-,29?/m1/s1. The zero-order valence-electron chi connectivity index (χ0n) is 24.4. The lowest BCUT2D eigenvalue weighted by atomic mass is 9.69.